The SMILES string of the molecule is CC(=O)N1CC2(CCN(CC(=O)N(C)C)CC2)C[C@@]1(C)CO. The number of nitrogens with zero attached hydrogens (tertiary/aromatic N) is 3. The number of aliphatic hydroxyl groups excluding tert-OH is 1. The van der Waals surface area contributed by atoms with Gasteiger partial charge in [0.25, 0.3) is 0 Å². The van der Waals surface area contributed by atoms with Gasteiger partial charge in [0.15, 0.2) is 0 Å². The highest BCUT2D eigenvalue weighted by atomic mass is 16.3. The fourth-order valence-electron chi connectivity index (χ4n) is 3.97. The summed E-state index contributed by atoms with van der Waals surface area (Å²) in [5, 5.41) is 9.74. The fraction of sp³-hybridized carbons (Fsp3) is 0.875. The van der Waals surface area contributed by atoms with E-state index in [9.17, 15) is 14.7 Å². The van der Waals surface area contributed by atoms with Crippen molar-refractivity contribution in [2.45, 2.75) is 38.6 Å². The first-order valence-corrected chi connectivity index (χ1v) is 8.03. The Kier molecular flexibility index (Phi) is 4.82. The second kappa shape index (κ2) is 6.16. The number of carbonyl (C=O) groups excluding carboxylic acids is 2. The summed E-state index contributed by atoms with van der Waals surface area (Å²) in [6.45, 7) is 6.53. The molecule has 6 nitrogen and oxygen atoms in total. The molecule has 2 rings (SSSR count). The van der Waals surface area contributed by atoms with Crippen molar-refractivity contribution in [1.29, 1.82) is 0 Å². The van der Waals surface area contributed by atoms with Crippen LogP contribution in [0, 0.1) is 5.41 Å². The summed E-state index contributed by atoms with van der Waals surface area (Å²) in [6.07, 6.45) is 2.81. The predicted molar refractivity (Wildman–Crippen MR) is 84.3 cm³/mol. The van der Waals surface area contributed by atoms with E-state index in [0.717, 1.165) is 38.9 Å². The van der Waals surface area contributed by atoms with Crippen molar-refractivity contribution < 1.29 is 14.7 Å². The molecular formula is C16H29N3O3. The van der Waals surface area contributed by atoms with Crippen molar-refractivity contribution in [3.8, 4) is 0 Å². The highest BCUT2D eigenvalue weighted by Gasteiger charge is 2.52. The molecule has 0 aliphatic carbocycles. The van der Waals surface area contributed by atoms with E-state index in [1.54, 1.807) is 25.9 Å². The molecule has 2 amide bonds. The molecule has 0 radical (unpaired) electrons. The van der Waals surface area contributed by atoms with Crippen LogP contribution in [-0.4, -0.2) is 84.0 Å². The smallest absolute Gasteiger partial charge is 0.236 e. The van der Waals surface area contributed by atoms with Gasteiger partial charge in [0.2, 0.25) is 11.8 Å². The number of likely N-dealkylation sites (tertiary alicyclic amines) is 2. The molecule has 6 heteroatoms. The Morgan fingerprint density at radius 1 is 1.23 bits per heavy atom. The molecule has 2 fully saturated rings. The Morgan fingerprint density at radius 2 is 1.82 bits per heavy atom. The summed E-state index contributed by atoms with van der Waals surface area (Å²) in [7, 11) is 3.56. The highest BCUT2D eigenvalue weighted by Crippen LogP contribution is 2.47. The van der Waals surface area contributed by atoms with Gasteiger partial charge in [0.1, 0.15) is 0 Å². The molecule has 1 spiro atoms. The molecule has 126 valence electrons. The predicted octanol–water partition coefficient (Wildman–Crippen LogP) is 0.160. The van der Waals surface area contributed by atoms with Crippen LogP contribution in [0.2, 0.25) is 0 Å². The van der Waals surface area contributed by atoms with Crippen LogP contribution in [0.15, 0.2) is 0 Å². The van der Waals surface area contributed by atoms with Gasteiger partial charge < -0.3 is 14.9 Å². The van der Waals surface area contributed by atoms with E-state index in [0.29, 0.717) is 6.54 Å². The quantitative estimate of drug-likeness (QED) is 0.806. The molecule has 2 saturated heterocycles. The van der Waals surface area contributed by atoms with Gasteiger partial charge in [-0.05, 0) is 44.7 Å². The zero-order valence-corrected chi connectivity index (χ0v) is 14.3. The summed E-state index contributed by atoms with van der Waals surface area (Å²) in [4.78, 5) is 29.4. The van der Waals surface area contributed by atoms with E-state index >= 15 is 0 Å². The Bertz CT molecular complexity index is 444. The van der Waals surface area contributed by atoms with Gasteiger partial charge in [-0.15, -0.1) is 0 Å². The maximum atomic E-state index is 11.9. The van der Waals surface area contributed by atoms with Crippen LogP contribution in [0.1, 0.15) is 33.1 Å². The van der Waals surface area contributed by atoms with Crippen molar-refractivity contribution in [1.82, 2.24) is 14.7 Å². The summed E-state index contributed by atoms with van der Waals surface area (Å²) >= 11 is 0. The minimum atomic E-state index is -0.437. The first kappa shape index (κ1) is 17.2. The van der Waals surface area contributed by atoms with Crippen LogP contribution < -0.4 is 0 Å². The van der Waals surface area contributed by atoms with Gasteiger partial charge in [-0.2, -0.15) is 0 Å². The van der Waals surface area contributed by atoms with Gasteiger partial charge in [-0.1, -0.05) is 0 Å². The number of rotatable bonds is 3. The Hall–Kier alpha value is -1.14. The highest BCUT2D eigenvalue weighted by molar-refractivity contribution is 5.77. The number of amides is 2. The van der Waals surface area contributed by atoms with Crippen LogP contribution in [-0.2, 0) is 9.59 Å². The average molecular weight is 311 g/mol. The maximum absolute atomic E-state index is 11.9. The summed E-state index contributed by atoms with van der Waals surface area (Å²) in [5.41, 5.74) is -0.339. The molecule has 2 heterocycles. The van der Waals surface area contributed by atoms with Crippen molar-refractivity contribution in [2.24, 2.45) is 5.41 Å². The Labute approximate surface area is 133 Å². The second-order valence-electron chi connectivity index (χ2n) is 7.50. The van der Waals surface area contributed by atoms with Crippen molar-refractivity contribution in [2.75, 3.05) is 46.9 Å². The fourth-order valence-corrected chi connectivity index (χ4v) is 3.97. The number of aliphatic hydroxyl groups is 1. The molecular weight excluding hydrogens is 282 g/mol. The molecule has 0 aromatic rings. The molecule has 0 unspecified atom stereocenters. The van der Waals surface area contributed by atoms with Crippen LogP contribution in [0.4, 0.5) is 0 Å². The first-order chi connectivity index (χ1) is 10.2. The maximum Gasteiger partial charge on any atom is 0.236 e. The minimum absolute atomic E-state index is 0.0111. The minimum Gasteiger partial charge on any atom is -0.394 e. The van der Waals surface area contributed by atoms with Crippen LogP contribution in [0.25, 0.3) is 0 Å². The van der Waals surface area contributed by atoms with E-state index in [1.165, 1.54) is 0 Å². The standard InChI is InChI=1S/C16H29N3O3/c1-13(21)19-11-16(10-15(19,2)12-20)5-7-18(8-6-16)9-14(22)17(3)4/h20H,5-12H2,1-4H3/t15-/m0/s1. The van der Waals surface area contributed by atoms with Crippen LogP contribution in [0.3, 0.4) is 0 Å². The molecule has 0 aromatic carbocycles. The molecule has 2 aliphatic heterocycles. The van der Waals surface area contributed by atoms with Gasteiger partial charge >= 0.3 is 0 Å². The number of hydrogen-bond acceptors (Lipinski definition) is 4. The molecule has 2 aliphatic rings. The Morgan fingerprint density at radius 3 is 2.23 bits per heavy atom. The number of likely N-dealkylation sites (N-methyl/N-ethyl adjacent to an activating group) is 1. The molecule has 1 atom stereocenters. The lowest BCUT2D eigenvalue weighted by Crippen LogP contribution is -2.46. The largest absolute Gasteiger partial charge is 0.394 e. The number of piperidine rings is 1. The van der Waals surface area contributed by atoms with Crippen molar-refractivity contribution >= 4 is 11.8 Å². The number of hydrogen-bond donors (Lipinski definition) is 1. The molecule has 1 N–H and O–H groups in total. The second-order valence-corrected chi connectivity index (χ2v) is 7.50. The third kappa shape index (κ3) is 3.27. The van der Waals surface area contributed by atoms with Gasteiger partial charge in [0, 0.05) is 27.6 Å². The topological polar surface area (TPSA) is 64.1 Å². The van der Waals surface area contributed by atoms with Crippen LogP contribution in [0.5, 0.6) is 0 Å². The molecule has 0 aromatic heterocycles. The van der Waals surface area contributed by atoms with Crippen molar-refractivity contribution in [3.05, 3.63) is 0 Å². The Balaban J connectivity index is 1.99. The monoisotopic (exact) mass is 311 g/mol. The van der Waals surface area contributed by atoms with Crippen LogP contribution >= 0.6 is 0 Å². The van der Waals surface area contributed by atoms with Gasteiger partial charge in [-0.3, -0.25) is 14.5 Å². The van der Waals surface area contributed by atoms with Gasteiger partial charge in [-0.25, -0.2) is 0 Å². The third-order valence-corrected chi connectivity index (χ3v) is 5.40. The molecule has 0 saturated carbocycles. The van der Waals surface area contributed by atoms with E-state index < -0.39 is 5.54 Å². The first-order valence-electron chi connectivity index (χ1n) is 8.03. The van der Waals surface area contributed by atoms with E-state index in [-0.39, 0.29) is 23.8 Å². The van der Waals surface area contributed by atoms with Gasteiger partial charge in [0.05, 0.1) is 18.7 Å². The van der Waals surface area contributed by atoms with Crippen molar-refractivity contribution in [3.63, 3.8) is 0 Å². The lowest BCUT2D eigenvalue weighted by Gasteiger charge is -2.39. The van der Waals surface area contributed by atoms with E-state index in [4.69, 9.17) is 0 Å². The average Bonchev–Trinajstić information content (AvgIpc) is 2.75. The third-order valence-electron chi connectivity index (χ3n) is 5.40. The summed E-state index contributed by atoms with van der Waals surface area (Å²) in [6, 6.07) is 0. The zero-order valence-electron chi connectivity index (χ0n) is 14.3. The normalized spacial score (nSPS) is 28.1. The number of carbonyl (C=O) groups is 2. The lowest BCUT2D eigenvalue weighted by atomic mass is 9.74. The zero-order chi connectivity index (χ0) is 16.5. The molecule has 22 heavy (non-hydrogen) atoms. The van der Waals surface area contributed by atoms with E-state index in [1.807, 2.05) is 11.8 Å². The summed E-state index contributed by atoms with van der Waals surface area (Å²) in [5.74, 6) is 0.173. The molecule has 0 bridgehead atoms. The van der Waals surface area contributed by atoms with E-state index in [2.05, 4.69) is 4.90 Å². The summed E-state index contributed by atoms with van der Waals surface area (Å²) < 4.78 is 0. The lowest BCUT2D eigenvalue weighted by molar-refractivity contribution is -0.134.